The van der Waals surface area contributed by atoms with Crippen molar-refractivity contribution in [3.05, 3.63) is 41.3 Å². The van der Waals surface area contributed by atoms with Gasteiger partial charge in [-0.3, -0.25) is 4.79 Å². The van der Waals surface area contributed by atoms with E-state index in [0.29, 0.717) is 24.8 Å². The summed E-state index contributed by atoms with van der Waals surface area (Å²) in [6.45, 7) is 3.23. The molecule has 0 bridgehead atoms. The van der Waals surface area contributed by atoms with Crippen molar-refractivity contribution in [1.82, 2.24) is 10.5 Å². The highest BCUT2D eigenvalue weighted by Crippen LogP contribution is 2.40. The Kier molecular flexibility index (Phi) is 3.88. The molecule has 1 N–H and O–H groups in total. The molecule has 1 aromatic heterocycles. The highest BCUT2D eigenvalue weighted by Gasteiger charge is 2.29. The van der Waals surface area contributed by atoms with Gasteiger partial charge in [0.15, 0.2) is 17.2 Å². The number of rotatable bonds is 4. The summed E-state index contributed by atoms with van der Waals surface area (Å²) in [5.74, 6) is 2.50. The second kappa shape index (κ2) is 6.19. The Morgan fingerprint density at radius 3 is 2.79 bits per heavy atom. The van der Waals surface area contributed by atoms with Crippen LogP contribution in [0.15, 0.2) is 28.8 Å². The van der Waals surface area contributed by atoms with Crippen LogP contribution in [0.3, 0.4) is 0 Å². The lowest BCUT2D eigenvalue weighted by Gasteiger charge is -2.15. The van der Waals surface area contributed by atoms with Gasteiger partial charge in [0.2, 0.25) is 0 Å². The maximum Gasteiger partial charge on any atom is 0.273 e. The van der Waals surface area contributed by atoms with Crippen molar-refractivity contribution >= 4 is 5.91 Å². The van der Waals surface area contributed by atoms with Gasteiger partial charge in [0.25, 0.3) is 5.91 Å². The van der Waals surface area contributed by atoms with Crippen LogP contribution < -0.4 is 14.8 Å². The van der Waals surface area contributed by atoms with Crippen molar-refractivity contribution in [2.75, 3.05) is 13.2 Å². The van der Waals surface area contributed by atoms with Crippen LogP contribution in [-0.4, -0.2) is 24.3 Å². The minimum absolute atomic E-state index is 0.171. The van der Waals surface area contributed by atoms with Crippen molar-refractivity contribution in [1.29, 1.82) is 0 Å². The minimum atomic E-state index is -0.231. The number of hydrogen-bond donors (Lipinski definition) is 1. The molecular formula is C18H20N2O4. The van der Waals surface area contributed by atoms with Crippen LogP contribution in [0.1, 0.15) is 60.0 Å². The molecule has 1 aromatic carbocycles. The predicted molar refractivity (Wildman–Crippen MR) is 86.4 cm³/mol. The van der Waals surface area contributed by atoms with Gasteiger partial charge >= 0.3 is 0 Å². The van der Waals surface area contributed by atoms with Crippen LogP contribution in [0, 0.1) is 0 Å². The third-order valence-corrected chi connectivity index (χ3v) is 4.36. The molecule has 1 atom stereocenters. The Bertz CT molecular complexity index is 751. The molecule has 2 aliphatic rings. The van der Waals surface area contributed by atoms with Gasteiger partial charge in [-0.15, -0.1) is 0 Å². The first-order chi connectivity index (χ1) is 11.7. The number of benzene rings is 1. The molecule has 6 nitrogen and oxygen atoms in total. The van der Waals surface area contributed by atoms with Gasteiger partial charge in [0, 0.05) is 18.4 Å². The second-order valence-electron chi connectivity index (χ2n) is 6.34. The summed E-state index contributed by atoms with van der Waals surface area (Å²) in [5, 5.41) is 6.82. The third kappa shape index (κ3) is 3.09. The number of hydrogen-bond acceptors (Lipinski definition) is 5. The highest BCUT2D eigenvalue weighted by atomic mass is 16.5. The van der Waals surface area contributed by atoms with E-state index < -0.39 is 0 Å². The third-order valence-electron chi connectivity index (χ3n) is 4.36. The summed E-state index contributed by atoms with van der Waals surface area (Å²) < 4.78 is 16.6. The Labute approximate surface area is 140 Å². The minimum Gasteiger partial charge on any atom is -0.490 e. The first-order valence-corrected chi connectivity index (χ1v) is 8.38. The molecule has 6 heteroatoms. The zero-order valence-electron chi connectivity index (χ0n) is 13.6. The number of ether oxygens (including phenoxy) is 2. The van der Waals surface area contributed by atoms with E-state index in [1.54, 1.807) is 6.07 Å². The van der Waals surface area contributed by atoms with Crippen LogP contribution in [0.2, 0.25) is 0 Å². The molecule has 0 spiro atoms. The van der Waals surface area contributed by atoms with Crippen LogP contribution in [0.5, 0.6) is 11.5 Å². The van der Waals surface area contributed by atoms with Crippen LogP contribution in [0.4, 0.5) is 0 Å². The quantitative estimate of drug-likeness (QED) is 0.933. The molecule has 1 fully saturated rings. The number of aromatic nitrogens is 1. The van der Waals surface area contributed by atoms with E-state index in [2.05, 4.69) is 10.5 Å². The highest BCUT2D eigenvalue weighted by molar-refractivity contribution is 5.92. The van der Waals surface area contributed by atoms with Crippen molar-refractivity contribution in [2.45, 2.75) is 38.1 Å². The summed E-state index contributed by atoms with van der Waals surface area (Å²) in [4.78, 5) is 12.3. The standard InChI is InChI=1S/C18H20N2O4/c1-11(13-5-6-15-17(9-13)23-8-2-7-22-15)19-18(21)14-10-16(24-20-14)12-3-4-12/h5-6,9-12H,2-4,7-8H2,1H3,(H,19,21)/t11-/m0/s1. The first kappa shape index (κ1) is 15.1. The number of carbonyl (C=O) groups is 1. The normalized spacial score (nSPS) is 17.9. The van der Waals surface area contributed by atoms with Crippen LogP contribution in [0.25, 0.3) is 0 Å². The van der Waals surface area contributed by atoms with E-state index in [4.69, 9.17) is 14.0 Å². The fraction of sp³-hybridized carbons (Fsp3) is 0.444. The number of amides is 1. The molecule has 4 rings (SSSR count). The van der Waals surface area contributed by atoms with Gasteiger partial charge in [0.05, 0.1) is 19.3 Å². The molecule has 0 unspecified atom stereocenters. The topological polar surface area (TPSA) is 73.6 Å². The SMILES string of the molecule is C[C@H](NC(=O)c1cc(C2CC2)on1)c1ccc2c(c1)OCCCO2. The van der Waals surface area contributed by atoms with Crippen LogP contribution in [-0.2, 0) is 0 Å². The zero-order valence-corrected chi connectivity index (χ0v) is 13.6. The summed E-state index contributed by atoms with van der Waals surface area (Å²) in [7, 11) is 0. The summed E-state index contributed by atoms with van der Waals surface area (Å²) in [6.07, 6.45) is 3.10. The molecule has 0 saturated heterocycles. The monoisotopic (exact) mass is 328 g/mol. The Hall–Kier alpha value is -2.50. The van der Waals surface area contributed by atoms with E-state index in [-0.39, 0.29) is 11.9 Å². The van der Waals surface area contributed by atoms with Crippen molar-refractivity contribution in [2.24, 2.45) is 0 Å². The summed E-state index contributed by atoms with van der Waals surface area (Å²) in [5.41, 5.74) is 1.29. The van der Waals surface area contributed by atoms with Gasteiger partial charge in [-0.1, -0.05) is 11.2 Å². The molecular weight excluding hydrogens is 308 g/mol. The summed E-state index contributed by atoms with van der Waals surface area (Å²) in [6, 6.07) is 7.32. The lowest BCUT2D eigenvalue weighted by Crippen LogP contribution is -2.26. The van der Waals surface area contributed by atoms with Gasteiger partial charge < -0.3 is 19.3 Å². The average Bonchev–Trinajstić information content (AvgIpc) is 3.36. The van der Waals surface area contributed by atoms with Gasteiger partial charge in [-0.05, 0) is 37.5 Å². The molecule has 1 aliphatic carbocycles. The molecule has 2 aromatic rings. The molecule has 2 heterocycles. The second-order valence-corrected chi connectivity index (χ2v) is 6.34. The lowest BCUT2D eigenvalue weighted by molar-refractivity contribution is 0.0930. The van der Waals surface area contributed by atoms with E-state index >= 15 is 0 Å². The maximum atomic E-state index is 12.3. The number of nitrogens with one attached hydrogen (secondary N) is 1. The number of carbonyl (C=O) groups excluding carboxylic acids is 1. The van der Waals surface area contributed by atoms with E-state index in [1.807, 2.05) is 25.1 Å². The van der Waals surface area contributed by atoms with E-state index in [0.717, 1.165) is 42.1 Å². The zero-order chi connectivity index (χ0) is 16.5. The fourth-order valence-electron chi connectivity index (χ4n) is 2.76. The van der Waals surface area contributed by atoms with Crippen molar-refractivity contribution < 1.29 is 18.8 Å². The van der Waals surface area contributed by atoms with E-state index in [9.17, 15) is 4.79 Å². The van der Waals surface area contributed by atoms with E-state index in [1.165, 1.54) is 0 Å². The maximum absolute atomic E-state index is 12.3. The summed E-state index contributed by atoms with van der Waals surface area (Å²) >= 11 is 0. The van der Waals surface area contributed by atoms with Crippen LogP contribution >= 0.6 is 0 Å². The first-order valence-electron chi connectivity index (χ1n) is 8.38. The van der Waals surface area contributed by atoms with Gasteiger partial charge in [0.1, 0.15) is 5.76 Å². The Balaban J connectivity index is 1.45. The molecule has 126 valence electrons. The Morgan fingerprint density at radius 2 is 2.00 bits per heavy atom. The van der Waals surface area contributed by atoms with Gasteiger partial charge in [-0.25, -0.2) is 0 Å². The van der Waals surface area contributed by atoms with Gasteiger partial charge in [-0.2, -0.15) is 0 Å². The molecule has 1 saturated carbocycles. The lowest BCUT2D eigenvalue weighted by atomic mass is 10.1. The molecule has 1 aliphatic heterocycles. The largest absolute Gasteiger partial charge is 0.490 e. The smallest absolute Gasteiger partial charge is 0.273 e. The fourth-order valence-corrected chi connectivity index (χ4v) is 2.76. The molecule has 1 amide bonds. The number of fused-ring (bicyclic) bond motifs is 1. The Morgan fingerprint density at radius 1 is 1.21 bits per heavy atom. The molecule has 24 heavy (non-hydrogen) atoms. The molecule has 0 radical (unpaired) electrons. The number of nitrogens with zero attached hydrogens (tertiary/aromatic N) is 1. The van der Waals surface area contributed by atoms with Crippen molar-refractivity contribution in [3.8, 4) is 11.5 Å². The average molecular weight is 328 g/mol. The van der Waals surface area contributed by atoms with Crippen molar-refractivity contribution in [3.63, 3.8) is 0 Å². The predicted octanol–water partition coefficient (Wildman–Crippen LogP) is 3.20.